The number of benzene rings is 1. The van der Waals surface area contributed by atoms with Gasteiger partial charge in [-0.1, -0.05) is 24.3 Å². The van der Waals surface area contributed by atoms with Crippen LogP contribution in [0.5, 0.6) is 0 Å². The average molecular weight is 422 g/mol. The van der Waals surface area contributed by atoms with Crippen LogP contribution in [0.1, 0.15) is 21.9 Å². The monoisotopic (exact) mass is 422 g/mol. The Balaban J connectivity index is 1.35. The number of rotatable bonds is 6. The Morgan fingerprint density at radius 3 is 2.90 bits per heavy atom. The lowest BCUT2D eigenvalue weighted by Gasteiger charge is -2.31. The molecule has 9 nitrogen and oxygen atoms in total. The fraction of sp³-hybridized carbons (Fsp3) is 0.364. The topological polar surface area (TPSA) is 105 Å². The summed E-state index contributed by atoms with van der Waals surface area (Å²) in [5, 5.41) is 10.0. The molecule has 0 saturated carbocycles. The molecule has 0 radical (unpaired) electrons. The molecule has 4 rings (SSSR count). The minimum absolute atomic E-state index is 0.192. The first kappa shape index (κ1) is 20.8. The molecule has 1 aliphatic heterocycles. The van der Waals surface area contributed by atoms with Crippen LogP contribution >= 0.6 is 0 Å². The molecule has 1 fully saturated rings. The van der Waals surface area contributed by atoms with E-state index in [0.717, 1.165) is 22.6 Å². The number of imidazole rings is 1. The summed E-state index contributed by atoms with van der Waals surface area (Å²) in [7, 11) is 0. The third-order valence-electron chi connectivity index (χ3n) is 5.45. The standard InChI is InChI=1S/C22H26N6O3/c1-15-5-3-4-6-17(15)18-13-19(26-25-18)22(30)28-11-12-31-20(14-28)21(29)24-8-10-27-9-7-23-16(27)2/h3-7,9,13,20H,8,10-12,14H2,1-2H3,(H,24,29)(H,25,26). The van der Waals surface area contributed by atoms with E-state index in [4.69, 9.17) is 4.74 Å². The minimum Gasteiger partial charge on any atom is -0.365 e. The van der Waals surface area contributed by atoms with Gasteiger partial charge in [0, 0.05) is 37.6 Å². The lowest BCUT2D eigenvalue weighted by Crippen LogP contribution is -2.52. The van der Waals surface area contributed by atoms with Crippen molar-refractivity contribution in [1.29, 1.82) is 0 Å². The molecule has 1 atom stereocenters. The molecule has 1 aromatic carbocycles. The van der Waals surface area contributed by atoms with Gasteiger partial charge in [-0.3, -0.25) is 14.7 Å². The second-order valence-corrected chi connectivity index (χ2v) is 7.55. The number of carbonyl (C=O) groups excluding carboxylic acids is 2. The number of amides is 2. The van der Waals surface area contributed by atoms with Crippen molar-refractivity contribution in [2.24, 2.45) is 0 Å². The number of carbonyl (C=O) groups is 2. The number of morpholine rings is 1. The minimum atomic E-state index is -0.694. The van der Waals surface area contributed by atoms with Gasteiger partial charge in [-0.15, -0.1) is 0 Å². The summed E-state index contributed by atoms with van der Waals surface area (Å²) in [6.45, 7) is 5.94. The second kappa shape index (κ2) is 9.13. The Labute approximate surface area is 180 Å². The third kappa shape index (κ3) is 4.66. The van der Waals surface area contributed by atoms with Gasteiger partial charge >= 0.3 is 0 Å². The molecule has 162 valence electrons. The molecule has 0 bridgehead atoms. The van der Waals surface area contributed by atoms with Crippen LogP contribution in [0.25, 0.3) is 11.3 Å². The molecule has 0 spiro atoms. The summed E-state index contributed by atoms with van der Waals surface area (Å²) in [6.07, 6.45) is 2.90. The van der Waals surface area contributed by atoms with E-state index < -0.39 is 6.10 Å². The van der Waals surface area contributed by atoms with Gasteiger partial charge in [-0.2, -0.15) is 5.10 Å². The van der Waals surface area contributed by atoms with Gasteiger partial charge in [0.2, 0.25) is 0 Å². The van der Waals surface area contributed by atoms with Crippen molar-refractivity contribution in [3.8, 4) is 11.3 Å². The number of aromatic nitrogens is 4. The van der Waals surface area contributed by atoms with Crippen molar-refractivity contribution in [3.05, 3.63) is 59.8 Å². The molecule has 2 aromatic heterocycles. The van der Waals surface area contributed by atoms with Crippen LogP contribution < -0.4 is 5.32 Å². The van der Waals surface area contributed by atoms with Gasteiger partial charge in [0.25, 0.3) is 11.8 Å². The molecule has 31 heavy (non-hydrogen) atoms. The normalized spacial score (nSPS) is 16.3. The highest BCUT2D eigenvalue weighted by atomic mass is 16.5. The van der Waals surface area contributed by atoms with E-state index in [1.165, 1.54) is 0 Å². The lowest BCUT2D eigenvalue weighted by molar-refractivity contribution is -0.137. The second-order valence-electron chi connectivity index (χ2n) is 7.55. The van der Waals surface area contributed by atoms with Gasteiger partial charge in [-0.25, -0.2) is 4.98 Å². The first-order valence-corrected chi connectivity index (χ1v) is 10.3. The van der Waals surface area contributed by atoms with Crippen LogP contribution in [-0.2, 0) is 16.1 Å². The number of aromatic amines is 1. The fourth-order valence-corrected chi connectivity index (χ4v) is 3.65. The van der Waals surface area contributed by atoms with Gasteiger partial charge in [0.05, 0.1) is 18.8 Å². The Morgan fingerprint density at radius 2 is 2.13 bits per heavy atom. The SMILES string of the molecule is Cc1ccccc1-c1cc(C(=O)N2CCOC(C(=O)NCCn3ccnc3C)C2)[nH]n1. The number of ether oxygens (including phenoxy) is 1. The summed E-state index contributed by atoms with van der Waals surface area (Å²) in [4.78, 5) is 31.3. The summed E-state index contributed by atoms with van der Waals surface area (Å²) in [6, 6.07) is 9.64. The van der Waals surface area contributed by atoms with Crippen LogP contribution in [-0.4, -0.2) is 68.8 Å². The maximum Gasteiger partial charge on any atom is 0.272 e. The molecule has 2 amide bonds. The Morgan fingerprint density at radius 1 is 1.29 bits per heavy atom. The highest BCUT2D eigenvalue weighted by Crippen LogP contribution is 2.22. The van der Waals surface area contributed by atoms with Gasteiger partial charge in [-0.05, 0) is 25.5 Å². The first-order valence-electron chi connectivity index (χ1n) is 10.3. The molecular weight excluding hydrogens is 396 g/mol. The largest absolute Gasteiger partial charge is 0.365 e. The molecule has 1 unspecified atom stereocenters. The highest BCUT2D eigenvalue weighted by Gasteiger charge is 2.30. The van der Waals surface area contributed by atoms with Crippen LogP contribution in [0.2, 0.25) is 0 Å². The van der Waals surface area contributed by atoms with E-state index in [0.29, 0.717) is 31.9 Å². The smallest absolute Gasteiger partial charge is 0.272 e. The number of hydrogen-bond donors (Lipinski definition) is 2. The molecule has 0 aliphatic carbocycles. The predicted octanol–water partition coefficient (Wildman–Crippen LogP) is 1.55. The third-order valence-corrected chi connectivity index (χ3v) is 5.45. The van der Waals surface area contributed by atoms with Gasteiger partial charge in [0.1, 0.15) is 11.5 Å². The van der Waals surface area contributed by atoms with Gasteiger partial charge < -0.3 is 19.5 Å². The summed E-state index contributed by atoms with van der Waals surface area (Å²) < 4.78 is 7.57. The number of hydrogen-bond acceptors (Lipinski definition) is 5. The number of nitrogens with zero attached hydrogens (tertiary/aromatic N) is 4. The summed E-state index contributed by atoms with van der Waals surface area (Å²) >= 11 is 0. The van der Waals surface area contributed by atoms with Crippen molar-refractivity contribution in [3.63, 3.8) is 0 Å². The Hall–Kier alpha value is -3.46. The molecule has 9 heteroatoms. The van der Waals surface area contributed by atoms with Crippen molar-refractivity contribution >= 4 is 11.8 Å². The zero-order valence-corrected chi connectivity index (χ0v) is 17.7. The molecular formula is C22H26N6O3. The molecule has 3 aromatic rings. The lowest BCUT2D eigenvalue weighted by atomic mass is 10.1. The number of aryl methyl sites for hydroxylation is 2. The molecule has 2 N–H and O–H groups in total. The fourth-order valence-electron chi connectivity index (χ4n) is 3.65. The van der Waals surface area contributed by atoms with Crippen molar-refractivity contribution in [2.75, 3.05) is 26.2 Å². The van der Waals surface area contributed by atoms with E-state index in [2.05, 4.69) is 20.5 Å². The Kier molecular flexibility index (Phi) is 6.13. The van der Waals surface area contributed by atoms with E-state index in [1.54, 1.807) is 17.2 Å². The first-order chi connectivity index (χ1) is 15.0. The zero-order chi connectivity index (χ0) is 21.8. The quantitative estimate of drug-likeness (QED) is 0.627. The van der Waals surface area contributed by atoms with E-state index in [1.807, 2.05) is 48.9 Å². The van der Waals surface area contributed by atoms with E-state index >= 15 is 0 Å². The molecule has 1 saturated heterocycles. The van der Waals surface area contributed by atoms with Gasteiger partial charge in [0.15, 0.2) is 6.10 Å². The van der Waals surface area contributed by atoms with Crippen molar-refractivity contribution in [2.45, 2.75) is 26.5 Å². The van der Waals surface area contributed by atoms with E-state index in [9.17, 15) is 9.59 Å². The summed E-state index contributed by atoms with van der Waals surface area (Å²) in [5.74, 6) is 0.479. The molecule has 3 heterocycles. The zero-order valence-electron chi connectivity index (χ0n) is 17.7. The van der Waals surface area contributed by atoms with Crippen LogP contribution in [0.15, 0.2) is 42.7 Å². The van der Waals surface area contributed by atoms with Crippen LogP contribution in [0, 0.1) is 13.8 Å². The van der Waals surface area contributed by atoms with E-state index in [-0.39, 0.29) is 18.4 Å². The van der Waals surface area contributed by atoms with Crippen molar-refractivity contribution in [1.82, 2.24) is 30.0 Å². The number of nitrogens with one attached hydrogen (secondary N) is 2. The summed E-state index contributed by atoms with van der Waals surface area (Å²) in [5.41, 5.74) is 3.18. The number of H-pyrrole nitrogens is 1. The van der Waals surface area contributed by atoms with Crippen LogP contribution in [0.3, 0.4) is 0 Å². The highest BCUT2D eigenvalue weighted by molar-refractivity contribution is 5.94. The maximum atomic E-state index is 13.0. The predicted molar refractivity (Wildman–Crippen MR) is 114 cm³/mol. The van der Waals surface area contributed by atoms with Crippen molar-refractivity contribution < 1.29 is 14.3 Å². The van der Waals surface area contributed by atoms with Crippen LogP contribution in [0.4, 0.5) is 0 Å². The Bertz CT molecular complexity index is 1070. The maximum absolute atomic E-state index is 13.0. The molecule has 1 aliphatic rings. The average Bonchev–Trinajstić information content (AvgIpc) is 3.43.